The third-order valence-electron chi connectivity index (χ3n) is 3.70. The van der Waals surface area contributed by atoms with Crippen molar-refractivity contribution in [2.45, 2.75) is 24.9 Å². The molecule has 1 aliphatic heterocycles. The van der Waals surface area contributed by atoms with Crippen molar-refractivity contribution in [2.75, 3.05) is 6.61 Å². The van der Waals surface area contributed by atoms with Crippen molar-refractivity contribution in [3.05, 3.63) is 23.0 Å². The number of aliphatic hydroxyl groups excluding tert-OH is 1. The molecule has 0 bridgehead atoms. The van der Waals surface area contributed by atoms with E-state index in [0.717, 1.165) is 6.33 Å². The number of phosphoric ester groups is 1. The third-order valence-corrected chi connectivity index (χ3v) is 7.50. The van der Waals surface area contributed by atoms with Crippen LogP contribution >= 0.6 is 23.5 Å². The second kappa shape index (κ2) is 13.5. The summed E-state index contributed by atoms with van der Waals surface area (Å²) in [5.74, 6) is 0. The zero-order chi connectivity index (χ0) is 22.3. The van der Waals surface area contributed by atoms with Crippen LogP contribution in [-0.2, 0) is 31.6 Å². The fraction of sp³-hybridized carbons (Fsp3) is 0.500. The van der Waals surface area contributed by atoms with E-state index in [1.807, 2.05) is 0 Å². The van der Waals surface area contributed by atoms with Gasteiger partial charge in [0.15, 0.2) is 11.2 Å². The van der Waals surface area contributed by atoms with Gasteiger partial charge in [0.25, 0.3) is 5.56 Å². The average Bonchev–Trinajstić information content (AvgIpc) is 3.14. The summed E-state index contributed by atoms with van der Waals surface area (Å²) in [5, 5.41) is 10.1. The van der Waals surface area contributed by atoms with Crippen LogP contribution in [0.4, 0.5) is 0 Å². The molecule has 1 fully saturated rings. The van der Waals surface area contributed by atoms with Crippen molar-refractivity contribution in [3.63, 3.8) is 0 Å². The molecule has 0 amide bonds. The Labute approximate surface area is 250 Å². The molecule has 1 aliphatic rings. The number of nitrogens with zero attached hydrogens (tertiary/aromatic N) is 3. The molecule has 3 rings (SSSR count). The molecule has 171 valence electrons. The van der Waals surface area contributed by atoms with E-state index in [2.05, 4.69) is 28.1 Å². The van der Waals surface area contributed by atoms with E-state index in [4.69, 9.17) is 19.4 Å². The second-order valence-corrected chi connectivity index (χ2v) is 10.3. The van der Waals surface area contributed by atoms with Gasteiger partial charge < -0.3 is 34.4 Å². The van der Waals surface area contributed by atoms with Gasteiger partial charge in [-0.05, 0) is 0 Å². The number of hydrogen-bond acceptors (Lipinski definition) is 11. The van der Waals surface area contributed by atoms with E-state index in [-0.39, 0.29) is 106 Å². The molecule has 2 aromatic heterocycles. The predicted molar refractivity (Wildman–Crippen MR) is 110 cm³/mol. The minimum atomic E-state index is -5.65. The Morgan fingerprint density at radius 2 is 1.73 bits per heavy atom. The summed E-state index contributed by atoms with van der Waals surface area (Å²) in [7, 11) is -16.5. The normalized spacial score (nSPS) is 24.1. The van der Waals surface area contributed by atoms with Gasteiger partial charge in [0.1, 0.15) is 12.3 Å². The monoisotopic (exact) mass is 561 g/mol. The Kier molecular flexibility index (Phi) is 14.2. The van der Waals surface area contributed by atoms with E-state index < -0.39 is 54.1 Å². The zero-order valence-electron chi connectivity index (χ0n) is 17.5. The van der Waals surface area contributed by atoms with Crippen molar-refractivity contribution < 1.29 is 56.3 Å². The Morgan fingerprint density at radius 3 is 2.33 bits per heavy atom. The van der Waals surface area contributed by atoms with Crippen LogP contribution in [-0.4, -0.2) is 152 Å². The van der Waals surface area contributed by atoms with Crippen molar-refractivity contribution in [2.24, 2.45) is 0 Å². The number of fused-ring (bicyclic) bond motifs is 1. The molecule has 2 aromatic rings. The minimum Gasteiger partial charge on any atom is -0.390 e. The van der Waals surface area contributed by atoms with Crippen LogP contribution in [0.3, 0.4) is 0 Å². The number of hydrogen-bond donors (Lipinski definition) is 6. The summed E-state index contributed by atoms with van der Waals surface area (Å²) in [5.41, 5.74) is -0.321. The zero-order valence-corrected chi connectivity index (χ0v) is 26.2. The summed E-state index contributed by atoms with van der Waals surface area (Å²) in [6.07, 6.45) is -1.00. The van der Waals surface area contributed by atoms with E-state index in [1.165, 1.54) is 10.9 Å². The van der Waals surface area contributed by atoms with Crippen molar-refractivity contribution in [1.82, 2.24) is 19.5 Å². The van der Waals surface area contributed by atoms with E-state index in [9.17, 15) is 28.5 Å². The average molecular weight is 561 g/mol. The fourth-order valence-electron chi connectivity index (χ4n) is 2.58. The van der Waals surface area contributed by atoms with Gasteiger partial charge in [0.2, 0.25) is 0 Å². The number of imidazole rings is 1. The molecule has 1 saturated heterocycles. The Bertz CT molecular complexity index is 1140. The largest absolute Gasteiger partial charge is 0.490 e. The molecule has 2 unspecified atom stereocenters. The molecule has 0 aliphatic carbocycles. The van der Waals surface area contributed by atoms with Crippen LogP contribution in [0.5, 0.6) is 0 Å². The molecule has 23 heteroatoms. The van der Waals surface area contributed by atoms with Crippen LogP contribution in [0.2, 0.25) is 0 Å². The molecule has 33 heavy (non-hydrogen) atoms. The predicted octanol–water partition coefficient (Wildman–Crippen LogP) is -2.03. The van der Waals surface area contributed by atoms with Crippen molar-refractivity contribution in [3.8, 4) is 0 Å². The molecule has 3 heterocycles. The summed E-state index contributed by atoms with van der Waals surface area (Å²) < 4.78 is 52.1. The second-order valence-electron chi connectivity index (χ2n) is 5.87. The number of aromatic nitrogens is 4. The van der Waals surface area contributed by atoms with E-state index in [1.54, 1.807) is 0 Å². The SMILES string of the molecule is O=c1[nH]cnc2c1ncn2[C@H]1C[C@H](O)[C@@H](COP(=O)(O)OP(=O)(O)OP(=O)(O)O)O1.[Na].[Na].[Na]. The van der Waals surface area contributed by atoms with E-state index in [0.29, 0.717) is 0 Å². The van der Waals surface area contributed by atoms with Crippen LogP contribution in [0.25, 0.3) is 11.2 Å². The van der Waals surface area contributed by atoms with E-state index >= 15 is 0 Å². The summed E-state index contributed by atoms with van der Waals surface area (Å²) in [6, 6.07) is 0. The first-order valence-corrected chi connectivity index (χ1v) is 12.3. The Balaban J connectivity index is 0.00000341. The van der Waals surface area contributed by atoms with Gasteiger partial charge in [-0.15, -0.1) is 0 Å². The van der Waals surface area contributed by atoms with Gasteiger partial charge in [-0.3, -0.25) is 13.9 Å². The Hall–Kier alpha value is 1.68. The summed E-state index contributed by atoms with van der Waals surface area (Å²) >= 11 is 0. The summed E-state index contributed by atoms with van der Waals surface area (Å²) in [6.45, 7) is -0.817. The standard InChI is InChI=1S/C10H15N4O13P3.3Na/c15-5-1-7(14-4-13-8-9(14)11-3-12-10(8)16)25-6(5)2-24-29(20,21)27-30(22,23)26-28(17,18)19;;;/h3-7,15H,1-2H2,(H,20,21)(H,22,23)(H,11,12,16)(H2,17,18,19);;;/t5-,6+,7+;;;/m0.../s1. The maximum atomic E-state index is 11.7. The van der Waals surface area contributed by atoms with Crippen LogP contribution in [0, 0.1) is 0 Å². The quantitative estimate of drug-likeness (QED) is 0.150. The number of aliphatic hydroxyl groups is 1. The van der Waals surface area contributed by atoms with Crippen LogP contribution < -0.4 is 5.56 Å². The van der Waals surface area contributed by atoms with Crippen molar-refractivity contribution >= 4 is 123 Å². The van der Waals surface area contributed by atoms with Gasteiger partial charge in [-0.1, -0.05) is 0 Å². The maximum Gasteiger partial charge on any atom is 0.490 e. The maximum absolute atomic E-state index is 11.7. The first-order valence-electron chi connectivity index (χ1n) is 7.78. The van der Waals surface area contributed by atoms with Gasteiger partial charge in [-0.25, -0.2) is 23.7 Å². The molecule has 5 atom stereocenters. The van der Waals surface area contributed by atoms with Gasteiger partial charge in [0.05, 0.1) is 25.4 Å². The number of aromatic amines is 1. The molecule has 3 radical (unpaired) electrons. The van der Waals surface area contributed by atoms with Gasteiger partial charge in [-0.2, -0.15) is 8.62 Å². The van der Waals surface area contributed by atoms with Crippen LogP contribution in [0.15, 0.2) is 17.4 Å². The molecule has 0 aromatic carbocycles. The number of nitrogens with one attached hydrogen (secondary N) is 1. The van der Waals surface area contributed by atoms with Gasteiger partial charge in [0, 0.05) is 95.1 Å². The number of ether oxygens (including phenoxy) is 1. The molecule has 0 saturated carbocycles. The number of phosphoric acid groups is 3. The molecule has 0 spiro atoms. The first-order chi connectivity index (χ1) is 13.8. The smallest absolute Gasteiger partial charge is 0.390 e. The molecular weight excluding hydrogens is 546 g/mol. The topological polar surface area (TPSA) is 253 Å². The Morgan fingerprint density at radius 1 is 1.09 bits per heavy atom. The van der Waals surface area contributed by atoms with Crippen LogP contribution in [0.1, 0.15) is 12.6 Å². The molecule has 6 N–H and O–H groups in total. The number of rotatable bonds is 8. The van der Waals surface area contributed by atoms with Gasteiger partial charge >= 0.3 is 23.5 Å². The molecule has 17 nitrogen and oxygen atoms in total. The molecular formula is C10H15N4Na3O13P3. The minimum absolute atomic E-state index is 0. The first kappa shape index (κ1) is 34.7. The summed E-state index contributed by atoms with van der Waals surface area (Å²) in [4.78, 5) is 57.4. The fourth-order valence-corrected chi connectivity index (χ4v) is 5.61. The number of H-pyrrole nitrogens is 1. The van der Waals surface area contributed by atoms with Crippen molar-refractivity contribution in [1.29, 1.82) is 0 Å². The third kappa shape index (κ3) is 9.82.